The Morgan fingerprint density at radius 1 is 1.48 bits per heavy atom. The number of carbonyl (C=O) groups excluding carboxylic acids is 1. The molecule has 6 heteroatoms. The number of esters is 1. The quantitative estimate of drug-likeness (QED) is 0.816. The summed E-state index contributed by atoms with van der Waals surface area (Å²) in [6, 6.07) is 5.27. The van der Waals surface area contributed by atoms with E-state index >= 15 is 0 Å². The number of benzene rings is 1. The molecule has 3 rings (SSSR count). The van der Waals surface area contributed by atoms with Crippen LogP contribution in [0.1, 0.15) is 18.6 Å². The van der Waals surface area contributed by atoms with E-state index < -0.39 is 0 Å². The third kappa shape index (κ3) is 3.36. The molecule has 0 amide bonds. The van der Waals surface area contributed by atoms with E-state index in [0.717, 1.165) is 31.3 Å². The Balaban J connectivity index is 1.65. The molecule has 2 heterocycles. The number of piperidine rings is 1. The van der Waals surface area contributed by atoms with E-state index in [1.54, 1.807) is 18.2 Å². The number of likely N-dealkylation sites (tertiary alicyclic amines) is 1. The minimum Gasteiger partial charge on any atom is -0.462 e. The van der Waals surface area contributed by atoms with Gasteiger partial charge in [-0.25, -0.2) is 0 Å². The second-order valence-electron chi connectivity index (χ2n) is 5.44. The van der Waals surface area contributed by atoms with Gasteiger partial charge >= 0.3 is 5.97 Å². The minimum absolute atomic E-state index is 0.00599. The molecule has 0 radical (unpaired) electrons. The first-order valence-corrected chi connectivity index (χ1v) is 7.41. The molecule has 1 saturated heterocycles. The average molecular weight is 309 g/mol. The van der Waals surface area contributed by atoms with Gasteiger partial charge < -0.3 is 14.2 Å². The zero-order valence-electron chi connectivity index (χ0n) is 11.8. The monoisotopic (exact) mass is 308 g/mol. The summed E-state index contributed by atoms with van der Waals surface area (Å²) in [7, 11) is 2.07. The highest BCUT2D eigenvalue weighted by Gasteiger charge is 2.22. The van der Waals surface area contributed by atoms with Gasteiger partial charge in [0.15, 0.2) is 5.76 Å². The van der Waals surface area contributed by atoms with E-state index in [1.807, 2.05) is 0 Å². The van der Waals surface area contributed by atoms with Crippen molar-refractivity contribution < 1.29 is 14.1 Å². The molecule has 0 N–H and O–H groups in total. The van der Waals surface area contributed by atoms with Crippen molar-refractivity contribution in [1.82, 2.24) is 10.1 Å². The number of halogens is 1. The summed E-state index contributed by atoms with van der Waals surface area (Å²) in [6.45, 7) is 1.91. The van der Waals surface area contributed by atoms with Gasteiger partial charge in [-0.1, -0.05) is 16.8 Å². The summed E-state index contributed by atoms with van der Waals surface area (Å²) >= 11 is 5.96. The molecule has 21 heavy (non-hydrogen) atoms. The molecule has 1 aromatic carbocycles. The first-order valence-electron chi connectivity index (χ1n) is 7.03. The molecule has 1 aromatic heterocycles. The van der Waals surface area contributed by atoms with Crippen LogP contribution in [0.4, 0.5) is 0 Å². The average Bonchev–Trinajstić information content (AvgIpc) is 2.84. The van der Waals surface area contributed by atoms with E-state index in [9.17, 15) is 4.79 Å². The summed E-state index contributed by atoms with van der Waals surface area (Å²) in [5.74, 6) is 0.230. The van der Waals surface area contributed by atoms with Gasteiger partial charge in [-0.05, 0) is 38.1 Å². The topological polar surface area (TPSA) is 55.6 Å². The van der Waals surface area contributed by atoms with Gasteiger partial charge in [0, 0.05) is 23.5 Å². The number of rotatable bonds is 3. The summed E-state index contributed by atoms with van der Waals surface area (Å²) in [6.07, 6.45) is 1.85. The van der Waals surface area contributed by atoms with Crippen LogP contribution in [-0.2, 0) is 16.0 Å². The SMILES string of the molecule is CN1CCC(OC(=O)Cc2onc3ccc(Cl)cc23)CC1. The van der Waals surface area contributed by atoms with Gasteiger partial charge in [-0.2, -0.15) is 0 Å². The molecule has 1 fully saturated rings. The lowest BCUT2D eigenvalue weighted by Crippen LogP contribution is -2.35. The van der Waals surface area contributed by atoms with Crippen LogP contribution in [0.25, 0.3) is 10.9 Å². The smallest absolute Gasteiger partial charge is 0.313 e. The number of carbonyl (C=O) groups is 1. The molecule has 0 unspecified atom stereocenters. The predicted molar refractivity (Wildman–Crippen MR) is 79.3 cm³/mol. The summed E-state index contributed by atoms with van der Waals surface area (Å²) in [4.78, 5) is 14.3. The van der Waals surface area contributed by atoms with Crippen LogP contribution in [0.2, 0.25) is 5.02 Å². The molecule has 0 spiro atoms. The second kappa shape index (κ2) is 6.03. The van der Waals surface area contributed by atoms with Crippen molar-refractivity contribution in [3.63, 3.8) is 0 Å². The van der Waals surface area contributed by atoms with Crippen molar-refractivity contribution in [3.05, 3.63) is 29.0 Å². The molecule has 2 aromatic rings. The number of hydrogen-bond donors (Lipinski definition) is 0. The van der Waals surface area contributed by atoms with Crippen molar-refractivity contribution in [2.45, 2.75) is 25.4 Å². The molecule has 0 aliphatic carbocycles. The molecule has 0 atom stereocenters. The minimum atomic E-state index is -0.275. The van der Waals surface area contributed by atoms with Crippen LogP contribution in [0.5, 0.6) is 0 Å². The van der Waals surface area contributed by atoms with Crippen molar-refractivity contribution in [1.29, 1.82) is 0 Å². The van der Waals surface area contributed by atoms with Crippen molar-refractivity contribution in [2.24, 2.45) is 0 Å². The fraction of sp³-hybridized carbons (Fsp3) is 0.467. The Morgan fingerprint density at radius 3 is 3.00 bits per heavy atom. The van der Waals surface area contributed by atoms with Gasteiger partial charge in [0.1, 0.15) is 18.0 Å². The van der Waals surface area contributed by atoms with Gasteiger partial charge in [-0.15, -0.1) is 0 Å². The molecule has 0 bridgehead atoms. The highest BCUT2D eigenvalue weighted by atomic mass is 35.5. The van der Waals surface area contributed by atoms with E-state index in [4.69, 9.17) is 20.9 Å². The molecule has 1 aliphatic heterocycles. The summed E-state index contributed by atoms with van der Waals surface area (Å²) in [5.41, 5.74) is 0.696. The first-order chi connectivity index (χ1) is 10.1. The standard InChI is InChI=1S/C15H17ClN2O3/c1-18-6-4-11(5-7-18)20-15(19)9-14-12-8-10(16)2-3-13(12)17-21-14/h2-3,8,11H,4-7,9H2,1H3. The fourth-order valence-electron chi connectivity index (χ4n) is 2.55. The van der Waals surface area contributed by atoms with E-state index in [1.165, 1.54) is 0 Å². The maximum Gasteiger partial charge on any atom is 0.313 e. The Morgan fingerprint density at radius 2 is 2.24 bits per heavy atom. The maximum atomic E-state index is 12.0. The van der Waals surface area contributed by atoms with E-state index in [-0.39, 0.29) is 18.5 Å². The molecule has 5 nitrogen and oxygen atoms in total. The van der Waals surface area contributed by atoms with E-state index in [2.05, 4.69) is 17.1 Å². The highest BCUT2D eigenvalue weighted by Crippen LogP contribution is 2.23. The molecule has 112 valence electrons. The fourth-order valence-corrected chi connectivity index (χ4v) is 2.73. The van der Waals surface area contributed by atoms with Crippen molar-refractivity contribution in [2.75, 3.05) is 20.1 Å². The summed E-state index contributed by atoms with van der Waals surface area (Å²) < 4.78 is 10.7. The zero-order valence-corrected chi connectivity index (χ0v) is 12.6. The second-order valence-corrected chi connectivity index (χ2v) is 5.87. The third-order valence-corrected chi connectivity index (χ3v) is 4.02. The molecular weight excluding hydrogens is 292 g/mol. The van der Waals surface area contributed by atoms with Crippen molar-refractivity contribution in [3.8, 4) is 0 Å². The maximum absolute atomic E-state index is 12.0. The normalized spacial score (nSPS) is 17.2. The lowest BCUT2D eigenvalue weighted by atomic mass is 10.1. The van der Waals surface area contributed by atoms with Crippen LogP contribution in [-0.4, -0.2) is 42.3 Å². The number of ether oxygens (including phenoxy) is 1. The van der Waals surface area contributed by atoms with Gasteiger partial charge in [0.05, 0.1) is 0 Å². The van der Waals surface area contributed by atoms with Crippen LogP contribution >= 0.6 is 11.6 Å². The molecule has 0 saturated carbocycles. The first kappa shape index (κ1) is 14.4. The number of nitrogens with zero attached hydrogens (tertiary/aromatic N) is 2. The third-order valence-electron chi connectivity index (χ3n) is 3.78. The Bertz CT molecular complexity index is 647. The predicted octanol–water partition coefficient (Wildman–Crippen LogP) is 2.66. The Hall–Kier alpha value is -1.59. The van der Waals surface area contributed by atoms with Gasteiger partial charge in [0.2, 0.25) is 0 Å². The van der Waals surface area contributed by atoms with Gasteiger partial charge in [0.25, 0.3) is 0 Å². The molecular formula is C15H17ClN2O3. The lowest BCUT2D eigenvalue weighted by molar-refractivity contribution is -0.150. The van der Waals surface area contributed by atoms with E-state index in [0.29, 0.717) is 16.3 Å². The number of hydrogen-bond acceptors (Lipinski definition) is 5. The molecule has 1 aliphatic rings. The highest BCUT2D eigenvalue weighted by molar-refractivity contribution is 6.31. The zero-order chi connectivity index (χ0) is 14.8. The van der Waals surface area contributed by atoms with Crippen LogP contribution < -0.4 is 0 Å². The number of aromatic nitrogens is 1. The van der Waals surface area contributed by atoms with Gasteiger partial charge in [-0.3, -0.25) is 4.79 Å². The number of fused-ring (bicyclic) bond motifs is 1. The summed E-state index contributed by atoms with van der Waals surface area (Å²) in [5, 5.41) is 5.28. The van der Waals surface area contributed by atoms with Crippen LogP contribution in [0, 0.1) is 0 Å². The van der Waals surface area contributed by atoms with Crippen LogP contribution in [0.3, 0.4) is 0 Å². The Kier molecular flexibility index (Phi) is 4.12. The largest absolute Gasteiger partial charge is 0.462 e. The lowest BCUT2D eigenvalue weighted by Gasteiger charge is -2.28. The van der Waals surface area contributed by atoms with Crippen molar-refractivity contribution >= 4 is 28.5 Å². The van der Waals surface area contributed by atoms with Crippen LogP contribution in [0.15, 0.2) is 22.7 Å². The Labute approximate surface area is 127 Å².